The van der Waals surface area contributed by atoms with Gasteiger partial charge in [-0.3, -0.25) is 4.90 Å². The summed E-state index contributed by atoms with van der Waals surface area (Å²) in [5.41, 5.74) is 4.32. The summed E-state index contributed by atoms with van der Waals surface area (Å²) in [6.07, 6.45) is 1.21. The highest BCUT2D eigenvalue weighted by molar-refractivity contribution is 7.07. The van der Waals surface area contributed by atoms with Crippen molar-refractivity contribution in [2.45, 2.75) is 13.0 Å². The van der Waals surface area contributed by atoms with E-state index in [-0.39, 0.29) is 0 Å². The van der Waals surface area contributed by atoms with Gasteiger partial charge in [0.1, 0.15) is 0 Å². The van der Waals surface area contributed by atoms with Crippen LogP contribution >= 0.6 is 22.9 Å². The van der Waals surface area contributed by atoms with E-state index in [1.807, 2.05) is 17.6 Å². The quantitative estimate of drug-likeness (QED) is 0.750. The number of hydrogen-bond donors (Lipinski definition) is 0. The lowest BCUT2D eigenvalue weighted by Gasteiger charge is -2.36. The smallest absolute Gasteiger partial charge is 0.0795 e. The largest absolute Gasteiger partial charge is 0.369 e. The summed E-state index contributed by atoms with van der Waals surface area (Å²) in [5.74, 6) is 0. The fraction of sp³-hybridized carbons (Fsp3) is 0.500. The lowest BCUT2D eigenvalue weighted by atomic mass is 10.2. The number of aromatic nitrogens is 1. The molecule has 0 aliphatic carbocycles. The van der Waals surface area contributed by atoms with Gasteiger partial charge in [0.2, 0.25) is 0 Å². The molecule has 4 nitrogen and oxygen atoms in total. The van der Waals surface area contributed by atoms with Gasteiger partial charge in [0, 0.05) is 48.8 Å². The van der Waals surface area contributed by atoms with Crippen molar-refractivity contribution in [2.75, 3.05) is 51.2 Å². The molecule has 0 bridgehead atoms. The molecule has 0 radical (unpaired) electrons. The molecule has 0 atom stereocenters. The highest BCUT2D eigenvalue weighted by Crippen LogP contribution is 2.20. The first-order valence-corrected chi connectivity index (χ1v) is 9.81. The van der Waals surface area contributed by atoms with Gasteiger partial charge in [-0.15, -0.1) is 11.3 Å². The van der Waals surface area contributed by atoms with Crippen LogP contribution in [0.3, 0.4) is 0 Å². The average Bonchev–Trinajstić information content (AvgIpc) is 3.08. The number of anilines is 1. The standard InChI is InChI=1S/C18H25ClN4S/c1-21(13-17-14-24-15-20-17)6-3-7-22-8-10-23(11-9-22)18-5-2-4-16(19)12-18/h2,4-5,12,14-15H,3,6-11,13H2,1H3. The number of thiazole rings is 1. The first kappa shape index (κ1) is 17.7. The van der Waals surface area contributed by atoms with E-state index >= 15 is 0 Å². The number of piperazine rings is 1. The van der Waals surface area contributed by atoms with Crippen LogP contribution in [0.5, 0.6) is 0 Å². The van der Waals surface area contributed by atoms with Gasteiger partial charge in [-0.2, -0.15) is 0 Å². The molecule has 130 valence electrons. The van der Waals surface area contributed by atoms with Gasteiger partial charge >= 0.3 is 0 Å². The Labute approximate surface area is 153 Å². The first-order valence-electron chi connectivity index (χ1n) is 8.49. The van der Waals surface area contributed by atoms with Crippen LogP contribution in [0, 0.1) is 0 Å². The molecule has 2 aromatic rings. The van der Waals surface area contributed by atoms with Crippen molar-refractivity contribution in [1.82, 2.24) is 14.8 Å². The monoisotopic (exact) mass is 364 g/mol. The summed E-state index contributed by atoms with van der Waals surface area (Å²) in [6.45, 7) is 7.65. The molecule has 0 saturated carbocycles. The minimum absolute atomic E-state index is 0.818. The Hall–Kier alpha value is -1.14. The van der Waals surface area contributed by atoms with Crippen LogP contribution in [0.15, 0.2) is 35.2 Å². The summed E-state index contributed by atoms with van der Waals surface area (Å²) in [7, 11) is 2.18. The van der Waals surface area contributed by atoms with Crippen LogP contribution in [-0.2, 0) is 6.54 Å². The second-order valence-electron chi connectivity index (χ2n) is 6.38. The van der Waals surface area contributed by atoms with E-state index in [0.29, 0.717) is 0 Å². The maximum absolute atomic E-state index is 6.10. The molecule has 1 aliphatic heterocycles. The maximum atomic E-state index is 6.10. The highest BCUT2D eigenvalue weighted by Gasteiger charge is 2.17. The van der Waals surface area contributed by atoms with E-state index in [9.17, 15) is 0 Å². The molecule has 24 heavy (non-hydrogen) atoms. The Bertz CT molecular complexity index is 611. The van der Waals surface area contributed by atoms with Crippen LogP contribution in [0.25, 0.3) is 0 Å². The SMILES string of the molecule is CN(CCCN1CCN(c2cccc(Cl)c2)CC1)Cc1cscn1. The minimum atomic E-state index is 0.818. The van der Waals surface area contributed by atoms with Crippen molar-refractivity contribution in [3.8, 4) is 0 Å². The second-order valence-corrected chi connectivity index (χ2v) is 7.53. The summed E-state index contributed by atoms with van der Waals surface area (Å²) in [4.78, 5) is 11.7. The fourth-order valence-electron chi connectivity index (χ4n) is 3.14. The predicted octanol–water partition coefficient (Wildman–Crippen LogP) is 3.44. The molecule has 1 aromatic heterocycles. The normalized spacial score (nSPS) is 16.0. The highest BCUT2D eigenvalue weighted by atomic mass is 35.5. The number of halogens is 1. The number of rotatable bonds is 7. The molecule has 1 aliphatic rings. The number of benzene rings is 1. The Balaban J connectivity index is 1.35. The molecular formula is C18H25ClN4S. The number of nitrogens with zero attached hydrogens (tertiary/aromatic N) is 4. The van der Waals surface area contributed by atoms with Gasteiger partial charge in [0.15, 0.2) is 0 Å². The second kappa shape index (κ2) is 8.81. The molecule has 0 spiro atoms. The van der Waals surface area contributed by atoms with Gasteiger partial charge in [0.25, 0.3) is 0 Å². The lowest BCUT2D eigenvalue weighted by Crippen LogP contribution is -2.47. The minimum Gasteiger partial charge on any atom is -0.369 e. The maximum Gasteiger partial charge on any atom is 0.0795 e. The average molecular weight is 365 g/mol. The molecule has 1 aromatic carbocycles. The van der Waals surface area contributed by atoms with E-state index in [0.717, 1.165) is 44.3 Å². The van der Waals surface area contributed by atoms with Crippen molar-refractivity contribution in [2.24, 2.45) is 0 Å². The summed E-state index contributed by atoms with van der Waals surface area (Å²) in [6, 6.07) is 8.17. The van der Waals surface area contributed by atoms with Crippen LogP contribution in [0.2, 0.25) is 5.02 Å². The number of hydrogen-bond acceptors (Lipinski definition) is 5. The summed E-state index contributed by atoms with van der Waals surface area (Å²) >= 11 is 7.76. The molecule has 0 N–H and O–H groups in total. The van der Waals surface area contributed by atoms with Gasteiger partial charge in [-0.05, 0) is 44.8 Å². The Morgan fingerprint density at radius 3 is 2.79 bits per heavy atom. The summed E-state index contributed by atoms with van der Waals surface area (Å²) < 4.78 is 0. The molecule has 3 rings (SSSR count). The molecule has 0 amide bonds. The van der Waals surface area contributed by atoms with Crippen LogP contribution < -0.4 is 4.90 Å². The Morgan fingerprint density at radius 2 is 2.08 bits per heavy atom. The zero-order valence-electron chi connectivity index (χ0n) is 14.2. The molecule has 2 heterocycles. The third-order valence-electron chi connectivity index (χ3n) is 4.48. The molecule has 6 heteroatoms. The van der Waals surface area contributed by atoms with E-state index in [1.165, 1.54) is 24.3 Å². The molecule has 1 saturated heterocycles. The topological polar surface area (TPSA) is 22.6 Å². The zero-order valence-corrected chi connectivity index (χ0v) is 15.8. The van der Waals surface area contributed by atoms with Gasteiger partial charge < -0.3 is 9.80 Å². The van der Waals surface area contributed by atoms with E-state index in [1.54, 1.807) is 11.3 Å². The van der Waals surface area contributed by atoms with Crippen molar-refractivity contribution in [3.05, 3.63) is 45.9 Å². The fourth-order valence-corrected chi connectivity index (χ4v) is 3.87. The van der Waals surface area contributed by atoms with E-state index in [4.69, 9.17) is 11.6 Å². The van der Waals surface area contributed by atoms with Gasteiger partial charge in [-0.25, -0.2) is 4.98 Å². The zero-order chi connectivity index (χ0) is 16.8. The third-order valence-corrected chi connectivity index (χ3v) is 5.35. The summed E-state index contributed by atoms with van der Waals surface area (Å²) in [5, 5.41) is 2.95. The van der Waals surface area contributed by atoms with Crippen molar-refractivity contribution < 1.29 is 0 Å². The van der Waals surface area contributed by atoms with Gasteiger partial charge in [-0.1, -0.05) is 17.7 Å². The van der Waals surface area contributed by atoms with E-state index in [2.05, 4.69) is 44.2 Å². The Kier molecular flexibility index (Phi) is 6.49. The van der Waals surface area contributed by atoms with Crippen LogP contribution in [0.4, 0.5) is 5.69 Å². The van der Waals surface area contributed by atoms with Crippen molar-refractivity contribution >= 4 is 28.6 Å². The third kappa shape index (κ3) is 5.18. The molecule has 1 fully saturated rings. The van der Waals surface area contributed by atoms with E-state index < -0.39 is 0 Å². The molecule has 0 unspecified atom stereocenters. The predicted molar refractivity (Wildman–Crippen MR) is 103 cm³/mol. The Morgan fingerprint density at radius 1 is 1.25 bits per heavy atom. The molecular weight excluding hydrogens is 340 g/mol. The van der Waals surface area contributed by atoms with Gasteiger partial charge in [0.05, 0.1) is 11.2 Å². The van der Waals surface area contributed by atoms with Crippen molar-refractivity contribution in [3.63, 3.8) is 0 Å². The van der Waals surface area contributed by atoms with Crippen LogP contribution in [-0.4, -0.2) is 61.1 Å². The lowest BCUT2D eigenvalue weighted by molar-refractivity contribution is 0.231. The first-order chi connectivity index (χ1) is 11.7. The van der Waals surface area contributed by atoms with Crippen LogP contribution in [0.1, 0.15) is 12.1 Å². The van der Waals surface area contributed by atoms with Crippen molar-refractivity contribution in [1.29, 1.82) is 0 Å².